The predicted molar refractivity (Wildman–Crippen MR) is 33.3 cm³/mol. The minimum atomic E-state index is 0. The van der Waals surface area contributed by atoms with Gasteiger partial charge in [0, 0.05) is 6.61 Å². The smallest absolute Gasteiger partial charge is 0.0430 e. The molecular weight excluding hydrogens is 92.1 g/mol. The maximum atomic E-state index is 8.07. The van der Waals surface area contributed by atoms with E-state index in [4.69, 9.17) is 5.11 Å². The molecule has 0 aliphatic rings. The first-order valence-electron chi connectivity index (χ1n) is 2.02. The molecule has 0 spiro atoms. The van der Waals surface area contributed by atoms with Gasteiger partial charge in [-0.1, -0.05) is 13.3 Å². The van der Waals surface area contributed by atoms with Crippen molar-refractivity contribution in [2.45, 2.75) is 19.8 Å². The normalized spacial score (nSPS) is 7.00. The lowest BCUT2D eigenvalue weighted by molar-refractivity contribution is 0.287. The molecule has 0 aliphatic heterocycles. The lowest BCUT2D eigenvalue weighted by Gasteiger charge is -1.79. The Bertz CT molecular complexity index is 15.0. The maximum Gasteiger partial charge on any atom is 0.0430 e. The van der Waals surface area contributed by atoms with Crippen molar-refractivity contribution < 1.29 is 5.11 Å². The Kier molecular flexibility index (Phi) is 14.2. The molecule has 0 amide bonds. The quantitative estimate of drug-likeness (QED) is 0.463. The van der Waals surface area contributed by atoms with Crippen LogP contribution >= 0.6 is 0 Å². The molecule has 0 aliphatic carbocycles. The number of aliphatic hydroxyl groups is 1. The van der Waals surface area contributed by atoms with Crippen molar-refractivity contribution in [3.8, 4) is 0 Å². The summed E-state index contributed by atoms with van der Waals surface area (Å²) in [6.45, 7) is 2.40. The first kappa shape index (κ1) is 9.49. The summed E-state index contributed by atoms with van der Waals surface area (Å²) in [5.74, 6) is 0. The third-order valence-corrected chi connectivity index (χ3v) is 0.512. The fourth-order valence-corrected chi connectivity index (χ4v) is 0.158. The van der Waals surface area contributed by atoms with Crippen LogP contribution in [-0.4, -0.2) is 22.7 Å². The highest BCUT2D eigenvalue weighted by molar-refractivity contribution is 5.75. The number of hydrogen-bond donors (Lipinski definition) is 1. The van der Waals surface area contributed by atoms with Crippen LogP contribution in [0.25, 0.3) is 0 Å². The molecule has 0 saturated carbocycles. The molecule has 6 heavy (non-hydrogen) atoms. The third-order valence-electron chi connectivity index (χ3n) is 0.512. The Labute approximate surface area is 43.4 Å². The van der Waals surface area contributed by atoms with Gasteiger partial charge in [-0.25, -0.2) is 0 Å². The topological polar surface area (TPSA) is 20.2 Å². The van der Waals surface area contributed by atoms with Gasteiger partial charge in [0.25, 0.3) is 0 Å². The van der Waals surface area contributed by atoms with Crippen LogP contribution in [0.4, 0.5) is 0 Å². The summed E-state index contributed by atoms with van der Waals surface area (Å²) in [5, 5.41) is 8.07. The zero-order chi connectivity index (χ0) is 4.12. The summed E-state index contributed by atoms with van der Waals surface area (Å²) in [6.07, 6.45) is 2.04. The van der Waals surface area contributed by atoms with Gasteiger partial charge in [-0.05, 0) is 17.4 Å². The van der Waals surface area contributed by atoms with Crippen LogP contribution in [0.5, 0.6) is 0 Å². The van der Waals surface area contributed by atoms with Gasteiger partial charge < -0.3 is 5.11 Å². The van der Waals surface area contributed by atoms with Crippen molar-refractivity contribution in [2.75, 3.05) is 6.61 Å². The van der Waals surface area contributed by atoms with E-state index >= 15 is 0 Å². The Morgan fingerprint density at radius 3 is 2.00 bits per heavy atom. The molecule has 1 N–H and O–H groups in total. The second-order valence-corrected chi connectivity index (χ2v) is 1.08. The molecule has 0 fully saturated rings. The third kappa shape index (κ3) is 8.90. The molecule has 2 heteroatoms. The molecule has 0 unspecified atom stereocenters. The first-order valence-corrected chi connectivity index (χ1v) is 2.02. The van der Waals surface area contributed by atoms with Gasteiger partial charge in [0.2, 0.25) is 0 Å². The Hall–Kier alpha value is 0.177. The molecule has 0 atom stereocenters. The predicted octanol–water partition coefficient (Wildman–Crippen LogP) is -0.673. The molecule has 0 radical (unpaired) electrons. The van der Waals surface area contributed by atoms with E-state index in [1.165, 1.54) is 0 Å². The summed E-state index contributed by atoms with van der Waals surface area (Å²) in [4.78, 5) is 0. The Morgan fingerprint density at radius 2 is 2.00 bits per heavy atom. The van der Waals surface area contributed by atoms with E-state index in [1.54, 1.807) is 0 Å². The Balaban J connectivity index is 0. The zero-order valence-electron chi connectivity index (χ0n) is 3.57. The molecule has 0 rings (SSSR count). The van der Waals surface area contributed by atoms with Crippen molar-refractivity contribution in [1.29, 1.82) is 0 Å². The minimum absolute atomic E-state index is 0. The average Bonchev–Trinajstić information content (AvgIpc) is 1.41. The van der Waals surface area contributed by atoms with Crippen molar-refractivity contribution in [3.05, 3.63) is 0 Å². The van der Waals surface area contributed by atoms with Crippen molar-refractivity contribution in [3.63, 3.8) is 0 Å². The lowest BCUT2D eigenvalue weighted by Crippen LogP contribution is -1.75. The number of hydrogen-bond acceptors (Lipinski definition) is 1. The second-order valence-electron chi connectivity index (χ2n) is 1.08. The molecule has 0 aromatic rings. The summed E-state index contributed by atoms with van der Waals surface area (Å²) >= 11 is 0. The van der Waals surface area contributed by atoms with Gasteiger partial charge in [0.05, 0.1) is 0 Å². The van der Waals surface area contributed by atoms with Crippen LogP contribution in [0, 0.1) is 0 Å². The maximum absolute atomic E-state index is 8.07. The van der Waals surface area contributed by atoms with E-state index in [-0.39, 0.29) is 11.0 Å². The molecule has 0 aromatic heterocycles. The summed E-state index contributed by atoms with van der Waals surface area (Å²) in [6, 6.07) is 0. The molecule has 0 aromatic carbocycles. The van der Waals surface area contributed by atoms with Gasteiger partial charge in [-0.15, -0.1) is 0 Å². The number of rotatable bonds is 2. The van der Waals surface area contributed by atoms with Crippen LogP contribution in [0.1, 0.15) is 19.8 Å². The SMILES string of the molecule is CCCCO.[SiH4]. The van der Waals surface area contributed by atoms with E-state index < -0.39 is 0 Å². The molecule has 0 saturated heterocycles. The van der Waals surface area contributed by atoms with Crippen molar-refractivity contribution in [2.24, 2.45) is 0 Å². The minimum Gasteiger partial charge on any atom is -0.396 e. The van der Waals surface area contributed by atoms with E-state index in [0.29, 0.717) is 6.61 Å². The van der Waals surface area contributed by atoms with Crippen LogP contribution in [0.3, 0.4) is 0 Å². The van der Waals surface area contributed by atoms with Gasteiger partial charge in [0.15, 0.2) is 0 Å². The van der Waals surface area contributed by atoms with Gasteiger partial charge in [-0.3, -0.25) is 0 Å². The van der Waals surface area contributed by atoms with Gasteiger partial charge >= 0.3 is 0 Å². The van der Waals surface area contributed by atoms with Gasteiger partial charge in [-0.2, -0.15) is 0 Å². The van der Waals surface area contributed by atoms with Gasteiger partial charge in [0.1, 0.15) is 0 Å². The zero-order valence-corrected chi connectivity index (χ0v) is 3.57. The summed E-state index contributed by atoms with van der Waals surface area (Å²) in [5.41, 5.74) is 0. The van der Waals surface area contributed by atoms with E-state index in [1.807, 2.05) is 0 Å². The largest absolute Gasteiger partial charge is 0.396 e. The molecule has 40 valence electrons. The van der Waals surface area contributed by atoms with E-state index in [2.05, 4.69) is 6.92 Å². The fourth-order valence-electron chi connectivity index (χ4n) is 0.158. The fraction of sp³-hybridized carbons (Fsp3) is 1.00. The molecule has 1 nitrogen and oxygen atoms in total. The number of aliphatic hydroxyl groups excluding tert-OH is 1. The average molecular weight is 106 g/mol. The van der Waals surface area contributed by atoms with Crippen LogP contribution in [0.2, 0.25) is 0 Å². The molecular formula is C4H14OSi. The highest BCUT2D eigenvalue weighted by Crippen LogP contribution is 1.78. The van der Waals surface area contributed by atoms with Crippen LogP contribution in [0.15, 0.2) is 0 Å². The van der Waals surface area contributed by atoms with Crippen molar-refractivity contribution >= 4 is 11.0 Å². The molecule has 0 heterocycles. The molecule has 0 bridgehead atoms. The monoisotopic (exact) mass is 106 g/mol. The lowest BCUT2D eigenvalue weighted by atomic mass is 10.4. The van der Waals surface area contributed by atoms with E-state index in [0.717, 1.165) is 12.8 Å². The van der Waals surface area contributed by atoms with Crippen molar-refractivity contribution in [1.82, 2.24) is 0 Å². The van der Waals surface area contributed by atoms with E-state index in [9.17, 15) is 0 Å². The van der Waals surface area contributed by atoms with Crippen LogP contribution in [-0.2, 0) is 0 Å². The summed E-state index contributed by atoms with van der Waals surface area (Å²) in [7, 11) is 0. The summed E-state index contributed by atoms with van der Waals surface area (Å²) < 4.78 is 0. The highest BCUT2D eigenvalue weighted by atomic mass is 28.1. The standard InChI is InChI=1S/C4H10O.H4Si/c1-2-3-4-5;/h5H,2-4H2,1H3;1H4. The van der Waals surface area contributed by atoms with Crippen LogP contribution < -0.4 is 0 Å². The Morgan fingerprint density at radius 1 is 1.50 bits per heavy atom. The first-order chi connectivity index (χ1) is 2.41. The second kappa shape index (κ2) is 8.95. The number of unbranched alkanes of at least 4 members (excludes halogenated alkanes) is 1. The highest BCUT2D eigenvalue weighted by Gasteiger charge is 1.69.